The molecule has 1 rings (SSSR count). The van der Waals surface area contributed by atoms with Crippen LogP contribution in [-0.4, -0.2) is 4.57 Å². The van der Waals surface area contributed by atoms with Crippen LogP contribution in [0.4, 0.5) is 0 Å². The summed E-state index contributed by atoms with van der Waals surface area (Å²) < 4.78 is 2.43. The van der Waals surface area contributed by atoms with E-state index in [2.05, 4.69) is 36.4 Å². The lowest BCUT2D eigenvalue weighted by atomic mass is 10.1. The molecule has 0 saturated carbocycles. The normalized spacial score (nSPS) is 10.8. The van der Waals surface area contributed by atoms with E-state index in [0.717, 1.165) is 3.57 Å². The van der Waals surface area contributed by atoms with E-state index < -0.39 is 0 Å². The zero-order valence-corrected chi connectivity index (χ0v) is 9.62. The fourth-order valence-corrected chi connectivity index (χ4v) is 1.75. The van der Waals surface area contributed by atoms with Gasteiger partial charge in [-0.1, -0.05) is 13.8 Å². The minimum atomic E-state index is 0.0833. The van der Waals surface area contributed by atoms with Crippen LogP contribution in [0.2, 0.25) is 0 Å². The van der Waals surface area contributed by atoms with Gasteiger partial charge in [-0.25, -0.2) is 0 Å². The number of nitrogens with zero attached hydrogens (tertiary/aromatic N) is 1. The smallest absolute Gasteiger partial charge is 0.263 e. The Labute approximate surface area is 85.7 Å². The molecule has 0 bridgehead atoms. The van der Waals surface area contributed by atoms with Crippen molar-refractivity contribution in [3.05, 3.63) is 31.8 Å². The first-order valence-corrected chi connectivity index (χ1v) is 4.96. The van der Waals surface area contributed by atoms with E-state index in [1.807, 2.05) is 12.3 Å². The topological polar surface area (TPSA) is 22.0 Å². The highest BCUT2D eigenvalue weighted by Crippen LogP contribution is 2.13. The van der Waals surface area contributed by atoms with Crippen molar-refractivity contribution in [3.8, 4) is 0 Å². The number of pyridine rings is 1. The second-order valence-corrected chi connectivity index (χ2v) is 4.35. The maximum atomic E-state index is 11.3. The zero-order chi connectivity index (χ0) is 9.30. The summed E-state index contributed by atoms with van der Waals surface area (Å²) in [4.78, 5) is 11.3. The average Bonchev–Trinajstić information content (AvgIpc) is 1.99. The zero-order valence-electron chi connectivity index (χ0n) is 7.47. The van der Waals surface area contributed by atoms with E-state index >= 15 is 0 Å². The Balaban J connectivity index is 3.31. The summed E-state index contributed by atoms with van der Waals surface area (Å²) in [6, 6.07) is 1.95. The number of halogens is 1. The molecule has 66 valence electrons. The van der Waals surface area contributed by atoms with Gasteiger partial charge < -0.3 is 4.57 Å². The predicted molar refractivity (Wildman–Crippen MR) is 58.5 cm³/mol. The van der Waals surface area contributed by atoms with Crippen molar-refractivity contribution in [2.45, 2.75) is 19.8 Å². The van der Waals surface area contributed by atoms with Gasteiger partial charge in [0.2, 0.25) is 0 Å². The van der Waals surface area contributed by atoms with E-state index in [4.69, 9.17) is 0 Å². The average molecular weight is 277 g/mol. The van der Waals surface area contributed by atoms with Crippen LogP contribution in [0, 0.1) is 3.57 Å². The quantitative estimate of drug-likeness (QED) is 0.721. The van der Waals surface area contributed by atoms with Gasteiger partial charge in [-0.3, -0.25) is 4.79 Å². The Morgan fingerprint density at radius 1 is 1.50 bits per heavy atom. The lowest BCUT2D eigenvalue weighted by molar-refractivity contribution is 0.789. The maximum Gasteiger partial charge on any atom is 0.263 e. The molecule has 0 aliphatic carbocycles. The molecule has 1 aromatic heterocycles. The first-order valence-electron chi connectivity index (χ1n) is 3.88. The molecule has 1 aromatic rings. The fraction of sp³-hybridized carbons (Fsp3) is 0.444. The SMILES string of the molecule is CC(C)c1cc(I)c(=O)n(C)c1. The lowest BCUT2D eigenvalue weighted by Crippen LogP contribution is -2.19. The number of rotatable bonds is 1. The molecule has 2 nitrogen and oxygen atoms in total. The van der Waals surface area contributed by atoms with E-state index in [1.165, 1.54) is 5.56 Å². The molecule has 0 N–H and O–H groups in total. The molecule has 0 saturated heterocycles. The van der Waals surface area contributed by atoms with Gasteiger partial charge in [0.1, 0.15) is 0 Å². The summed E-state index contributed by atoms with van der Waals surface area (Å²) in [5.41, 5.74) is 1.29. The summed E-state index contributed by atoms with van der Waals surface area (Å²) in [6.07, 6.45) is 1.90. The van der Waals surface area contributed by atoms with Crippen molar-refractivity contribution in [2.75, 3.05) is 0 Å². The van der Waals surface area contributed by atoms with Crippen LogP contribution in [0.15, 0.2) is 17.1 Å². The summed E-state index contributed by atoms with van der Waals surface area (Å²) in [6.45, 7) is 4.24. The van der Waals surface area contributed by atoms with Gasteiger partial charge in [0, 0.05) is 13.2 Å². The Bertz CT molecular complexity index is 315. The molecule has 0 aliphatic rings. The van der Waals surface area contributed by atoms with Crippen LogP contribution in [0.3, 0.4) is 0 Å². The Morgan fingerprint density at radius 2 is 2.08 bits per heavy atom. The van der Waals surface area contributed by atoms with Crippen LogP contribution in [-0.2, 0) is 7.05 Å². The van der Waals surface area contributed by atoms with Crippen LogP contribution < -0.4 is 5.56 Å². The molecule has 0 aromatic carbocycles. The van der Waals surface area contributed by atoms with Crippen LogP contribution in [0.5, 0.6) is 0 Å². The third kappa shape index (κ3) is 1.88. The van der Waals surface area contributed by atoms with Crippen molar-refractivity contribution in [1.29, 1.82) is 0 Å². The first-order chi connectivity index (χ1) is 5.52. The van der Waals surface area contributed by atoms with E-state index in [-0.39, 0.29) is 5.56 Å². The van der Waals surface area contributed by atoms with Crippen molar-refractivity contribution in [3.63, 3.8) is 0 Å². The lowest BCUT2D eigenvalue weighted by Gasteiger charge is -2.07. The molecule has 12 heavy (non-hydrogen) atoms. The van der Waals surface area contributed by atoms with Crippen molar-refractivity contribution < 1.29 is 0 Å². The highest BCUT2D eigenvalue weighted by molar-refractivity contribution is 14.1. The molecular formula is C9H12INO. The van der Waals surface area contributed by atoms with Crippen LogP contribution >= 0.6 is 22.6 Å². The molecular weight excluding hydrogens is 265 g/mol. The third-order valence-corrected chi connectivity index (χ3v) is 2.60. The highest BCUT2D eigenvalue weighted by Gasteiger charge is 2.03. The summed E-state index contributed by atoms with van der Waals surface area (Å²) in [5, 5.41) is 0. The molecule has 1 heterocycles. The molecule has 0 fully saturated rings. The Kier molecular flexibility index (Phi) is 2.93. The van der Waals surface area contributed by atoms with E-state index in [9.17, 15) is 4.79 Å². The van der Waals surface area contributed by atoms with Gasteiger partial charge in [0.15, 0.2) is 0 Å². The minimum absolute atomic E-state index is 0.0833. The highest BCUT2D eigenvalue weighted by atomic mass is 127. The minimum Gasteiger partial charge on any atom is -0.317 e. The number of hydrogen-bond acceptors (Lipinski definition) is 1. The van der Waals surface area contributed by atoms with E-state index in [1.54, 1.807) is 11.6 Å². The van der Waals surface area contributed by atoms with Gasteiger partial charge >= 0.3 is 0 Å². The van der Waals surface area contributed by atoms with Crippen LogP contribution in [0.1, 0.15) is 25.3 Å². The fourth-order valence-electron chi connectivity index (χ4n) is 1.01. The van der Waals surface area contributed by atoms with Gasteiger partial charge in [-0.05, 0) is 40.1 Å². The summed E-state index contributed by atoms with van der Waals surface area (Å²) in [5.74, 6) is 0.477. The van der Waals surface area contributed by atoms with Gasteiger partial charge in [-0.15, -0.1) is 0 Å². The van der Waals surface area contributed by atoms with Gasteiger partial charge in [-0.2, -0.15) is 0 Å². The molecule has 0 atom stereocenters. The molecule has 0 aliphatic heterocycles. The molecule has 0 unspecified atom stereocenters. The number of aryl methyl sites for hydroxylation is 1. The van der Waals surface area contributed by atoms with E-state index in [0.29, 0.717) is 5.92 Å². The molecule has 0 radical (unpaired) electrons. The molecule has 0 spiro atoms. The largest absolute Gasteiger partial charge is 0.317 e. The number of aromatic nitrogens is 1. The second kappa shape index (κ2) is 3.60. The Hall–Kier alpha value is -0.320. The van der Waals surface area contributed by atoms with Crippen molar-refractivity contribution in [1.82, 2.24) is 4.57 Å². The monoisotopic (exact) mass is 277 g/mol. The van der Waals surface area contributed by atoms with Crippen molar-refractivity contribution in [2.24, 2.45) is 7.05 Å². The molecule has 0 amide bonds. The molecule has 3 heteroatoms. The maximum absolute atomic E-state index is 11.3. The predicted octanol–water partition coefficient (Wildman–Crippen LogP) is 2.11. The van der Waals surface area contributed by atoms with Crippen LogP contribution in [0.25, 0.3) is 0 Å². The second-order valence-electron chi connectivity index (χ2n) is 3.19. The summed E-state index contributed by atoms with van der Waals surface area (Å²) >= 11 is 2.08. The van der Waals surface area contributed by atoms with Crippen molar-refractivity contribution >= 4 is 22.6 Å². The summed E-state index contributed by atoms with van der Waals surface area (Å²) in [7, 11) is 1.79. The third-order valence-electron chi connectivity index (χ3n) is 1.83. The van der Waals surface area contributed by atoms with Gasteiger partial charge in [0.05, 0.1) is 3.57 Å². The number of hydrogen-bond donors (Lipinski definition) is 0. The standard InChI is InChI=1S/C9H12INO/c1-6(2)7-4-8(10)9(12)11(3)5-7/h4-6H,1-3H3. The van der Waals surface area contributed by atoms with Gasteiger partial charge in [0.25, 0.3) is 5.56 Å². The Morgan fingerprint density at radius 3 is 2.50 bits per heavy atom. The first kappa shape index (κ1) is 9.77.